The number of nitrogens with zero attached hydrogens (tertiary/aromatic N) is 3. The van der Waals surface area contributed by atoms with Gasteiger partial charge in [0.1, 0.15) is 5.82 Å². The zero-order chi connectivity index (χ0) is 14.2. The van der Waals surface area contributed by atoms with Crippen LogP contribution in [-0.4, -0.2) is 23.1 Å². The van der Waals surface area contributed by atoms with Crippen molar-refractivity contribution in [3.63, 3.8) is 0 Å². The van der Waals surface area contributed by atoms with Crippen molar-refractivity contribution >= 4 is 5.82 Å². The lowest BCUT2D eigenvalue weighted by Gasteiger charge is -2.35. The second kappa shape index (κ2) is 5.14. The summed E-state index contributed by atoms with van der Waals surface area (Å²) in [6, 6.07) is 8.56. The van der Waals surface area contributed by atoms with Crippen LogP contribution in [0.1, 0.15) is 36.1 Å². The largest absolute Gasteiger partial charge is 0.356 e. The van der Waals surface area contributed by atoms with Gasteiger partial charge >= 0.3 is 0 Å². The van der Waals surface area contributed by atoms with E-state index in [0.29, 0.717) is 0 Å². The van der Waals surface area contributed by atoms with E-state index in [9.17, 15) is 0 Å². The van der Waals surface area contributed by atoms with Crippen molar-refractivity contribution in [2.45, 2.75) is 39.0 Å². The normalized spacial score (nSPS) is 17.3. The van der Waals surface area contributed by atoms with Crippen molar-refractivity contribution in [2.75, 3.05) is 18.0 Å². The molecule has 1 fully saturated rings. The molecular weight excluding hydrogens is 258 g/mol. The maximum atomic E-state index is 4.92. The number of rotatable bonds is 2. The summed E-state index contributed by atoms with van der Waals surface area (Å²) < 4.78 is 0. The van der Waals surface area contributed by atoms with Gasteiger partial charge in [-0.05, 0) is 39.0 Å². The van der Waals surface area contributed by atoms with Gasteiger partial charge in [0, 0.05) is 29.9 Å². The van der Waals surface area contributed by atoms with Crippen molar-refractivity contribution in [2.24, 2.45) is 0 Å². The average molecular weight is 279 g/mol. The third-order valence-corrected chi connectivity index (χ3v) is 4.63. The smallest absolute Gasteiger partial charge is 0.161 e. The van der Waals surface area contributed by atoms with Gasteiger partial charge in [0.25, 0.3) is 0 Å². The third kappa shape index (κ3) is 2.31. The number of aryl methyl sites for hydroxylation is 2. The lowest BCUT2D eigenvalue weighted by Crippen LogP contribution is -2.39. The summed E-state index contributed by atoms with van der Waals surface area (Å²) >= 11 is 0. The number of benzene rings is 1. The van der Waals surface area contributed by atoms with Gasteiger partial charge in [0.15, 0.2) is 5.82 Å². The molecule has 2 aromatic rings. The third-order valence-electron chi connectivity index (χ3n) is 4.63. The average Bonchev–Trinajstić information content (AvgIpc) is 2.46. The van der Waals surface area contributed by atoms with Crippen LogP contribution in [0.4, 0.5) is 5.82 Å². The summed E-state index contributed by atoms with van der Waals surface area (Å²) in [5.41, 5.74) is 5.11. The molecule has 1 aromatic heterocycles. The second-order valence-electron chi connectivity index (χ2n) is 6.21. The van der Waals surface area contributed by atoms with Gasteiger partial charge in [-0.15, -0.1) is 0 Å². The molecule has 0 bridgehead atoms. The minimum absolute atomic E-state index is 0.901. The molecule has 2 aliphatic rings. The van der Waals surface area contributed by atoms with Crippen LogP contribution < -0.4 is 4.90 Å². The van der Waals surface area contributed by atoms with Gasteiger partial charge in [0.2, 0.25) is 0 Å². The molecule has 0 unspecified atom stereocenters. The first-order valence-corrected chi connectivity index (χ1v) is 8.03. The predicted octanol–water partition coefficient (Wildman–Crippen LogP) is 3.54. The maximum absolute atomic E-state index is 4.92. The van der Waals surface area contributed by atoms with Crippen LogP contribution in [0, 0.1) is 6.92 Å². The molecule has 21 heavy (non-hydrogen) atoms. The molecule has 1 aromatic carbocycles. The van der Waals surface area contributed by atoms with Crippen LogP contribution >= 0.6 is 0 Å². The van der Waals surface area contributed by atoms with Crippen molar-refractivity contribution in [3.05, 3.63) is 41.1 Å². The minimum Gasteiger partial charge on any atom is -0.356 e. The van der Waals surface area contributed by atoms with Crippen LogP contribution in [0.25, 0.3) is 11.4 Å². The van der Waals surface area contributed by atoms with Crippen LogP contribution in [0.5, 0.6) is 0 Å². The Balaban J connectivity index is 1.82. The number of hydrogen-bond donors (Lipinski definition) is 0. The zero-order valence-corrected chi connectivity index (χ0v) is 12.6. The maximum Gasteiger partial charge on any atom is 0.161 e. The van der Waals surface area contributed by atoms with E-state index in [0.717, 1.165) is 37.3 Å². The van der Waals surface area contributed by atoms with Gasteiger partial charge < -0.3 is 4.90 Å². The van der Waals surface area contributed by atoms with E-state index in [2.05, 4.69) is 36.1 Å². The van der Waals surface area contributed by atoms with Gasteiger partial charge in [-0.3, -0.25) is 0 Å². The minimum atomic E-state index is 0.901. The van der Waals surface area contributed by atoms with E-state index in [4.69, 9.17) is 9.97 Å². The Hall–Kier alpha value is -1.90. The molecule has 1 aliphatic heterocycles. The van der Waals surface area contributed by atoms with Gasteiger partial charge in [0.05, 0.1) is 0 Å². The lowest BCUT2D eigenvalue weighted by molar-refractivity contribution is 0.592. The molecule has 0 amide bonds. The van der Waals surface area contributed by atoms with E-state index in [-0.39, 0.29) is 0 Å². The Bertz CT molecular complexity index is 657. The molecule has 3 nitrogen and oxygen atoms in total. The molecule has 0 N–H and O–H groups in total. The van der Waals surface area contributed by atoms with E-state index >= 15 is 0 Å². The van der Waals surface area contributed by atoms with E-state index in [1.54, 1.807) is 0 Å². The van der Waals surface area contributed by atoms with Crippen LogP contribution in [-0.2, 0) is 12.8 Å². The fourth-order valence-electron chi connectivity index (χ4n) is 3.20. The van der Waals surface area contributed by atoms with Crippen molar-refractivity contribution in [1.29, 1.82) is 0 Å². The second-order valence-corrected chi connectivity index (χ2v) is 6.21. The first-order chi connectivity index (χ1) is 10.3. The molecule has 1 aliphatic carbocycles. The van der Waals surface area contributed by atoms with Crippen molar-refractivity contribution in [3.8, 4) is 11.4 Å². The topological polar surface area (TPSA) is 29.0 Å². The molecule has 4 rings (SSSR count). The lowest BCUT2D eigenvalue weighted by atomic mass is 9.95. The summed E-state index contributed by atoms with van der Waals surface area (Å²) in [5, 5.41) is 0. The Morgan fingerprint density at radius 3 is 2.38 bits per heavy atom. The molecule has 3 heteroatoms. The Morgan fingerprint density at radius 2 is 1.67 bits per heavy atom. The van der Waals surface area contributed by atoms with E-state index in [1.165, 1.54) is 41.9 Å². The summed E-state index contributed by atoms with van der Waals surface area (Å²) in [4.78, 5) is 12.2. The monoisotopic (exact) mass is 279 g/mol. The van der Waals surface area contributed by atoms with Crippen LogP contribution in [0.2, 0.25) is 0 Å². The molecule has 108 valence electrons. The number of anilines is 1. The fourth-order valence-corrected chi connectivity index (χ4v) is 3.20. The highest BCUT2D eigenvalue weighted by molar-refractivity contribution is 5.62. The number of hydrogen-bond acceptors (Lipinski definition) is 3. The summed E-state index contributed by atoms with van der Waals surface area (Å²) in [5.74, 6) is 2.11. The Kier molecular flexibility index (Phi) is 3.13. The quantitative estimate of drug-likeness (QED) is 0.842. The molecule has 0 spiro atoms. The summed E-state index contributed by atoms with van der Waals surface area (Å²) in [6.07, 6.45) is 6.09. The Labute approximate surface area is 126 Å². The highest BCUT2D eigenvalue weighted by Gasteiger charge is 2.25. The molecular formula is C18H21N3. The predicted molar refractivity (Wildman–Crippen MR) is 85.7 cm³/mol. The fraction of sp³-hybridized carbons (Fsp3) is 0.444. The van der Waals surface area contributed by atoms with Crippen LogP contribution in [0.15, 0.2) is 24.3 Å². The van der Waals surface area contributed by atoms with E-state index < -0.39 is 0 Å². The highest BCUT2D eigenvalue weighted by Crippen LogP contribution is 2.32. The Morgan fingerprint density at radius 1 is 0.905 bits per heavy atom. The van der Waals surface area contributed by atoms with Crippen molar-refractivity contribution in [1.82, 2.24) is 9.97 Å². The molecule has 0 saturated carbocycles. The highest BCUT2D eigenvalue weighted by atomic mass is 15.2. The van der Waals surface area contributed by atoms with Gasteiger partial charge in [-0.1, -0.05) is 29.8 Å². The summed E-state index contributed by atoms with van der Waals surface area (Å²) in [7, 11) is 0. The van der Waals surface area contributed by atoms with Crippen molar-refractivity contribution < 1.29 is 0 Å². The standard InChI is InChI=1S/C18H21N3/c1-13-7-9-14(10-8-13)17-19-16-6-3-2-5-15(16)18(20-17)21-11-4-12-21/h7-10H,2-6,11-12H2,1H3. The number of aromatic nitrogens is 2. The number of fused-ring (bicyclic) bond motifs is 1. The molecule has 0 atom stereocenters. The van der Waals surface area contributed by atoms with Gasteiger partial charge in [-0.25, -0.2) is 9.97 Å². The first-order valence-electron chi connectivity index (χ1n) is 8.03. The van der Waals surface area contributed by atoms with E-state index in [1.807, 2.05) is 0 Å². The molecule has 0 radical (unpaired) electrons. The molecule has 1 saturated heterocycles. The SMILES string of the molecule is Cc1ccc(-c2nc3c(c(N4CCC4)n2)CCCC3)cc1. The van der Waals surface area contributed by atoms with Crippen LogP contribution in [0.3, 0.4) is 0 Å². The van der Waals surface area contributed by atoms with Gasteiger partial charge in [-0.2, -0.15) is 0 Å². The first kappa shape index (κ1) is 12.8. The zero-order valence-electron chi connectivity index (χ0n) is 12.6. The summed E-state index contributed by atoms with van der Waals surface area (Å²) in [6.45, 7) is 4.41. The molecule has 2 heterocycles.